The topological polar surface area (TPSA) is 116 Å². The molecule has 1 fully saturated rings. The Hall–Kier alpha value is -2.46. The molecule has 0 bridgehead atoms. The monoisotopic (exact) mass is 507 g/mol. The maximum absolute atomic E-state index is 13.1. The Bertz CT molecular complexity index is 1090. The fourth-order valence-electron chi connectivity index (χ4n) is 3.41. The summed E-state index contributed by atoms with van der Waals surface area (Å²) in [5.74, 6) is -0.567. The van der Waals surface area contributed by atoms with E-state index in [2.05, 4.69) is 10.0 Å². The Kier molecular flexibility index (Phi) is 9.07. The number of rotatable bonds is 12. The van der Waals surface area contributed by atoms with Crippen molar-refractivity contribution in [1.29, 1.82) is 0 Å². The van der Waals surface area contributed by atoms with Gasteiger partial charge in [-0.25, -0.2) is 13.1 Å². The highest BCUT2D eigenvalue weighted by molar-refractivity contribution is 7.89. The van der Waals surface area contributed by atoms with Crippen LogP contribution in [0.3, 0.4) is 0 Å². The minimum atomic E-state index is -3.52. The third kappa shape index (κ3) is 7.53. The third-order valence-electron chi connectivity index (χ3n) is 5.60. The fourth-order valence-corrected chi connectivity index (χ4v) is 4.85. The predicted octanol–water partition coefficient (Wildman–Crippen LogP) is 2.24. The van der Waals surface area contributed by atoms with Crippen LogP contribution in [0.2, 0.25) is 5.02 Å². The van der Waals surface area contributed by atoms with Gasteiger partial charge in [-0.3, -0.25) is 9.59 Å². The number of aliphatic hydroxyl groups excluding tert-OH is 1. The Balaban J connectivity index is 1.66. The second-order valence-electron chi connectivity index (χ2n) is 8.38. The number of benzene rings is 2. The molecule has 3 rings (SSSR count). The molecule has 0 saturated heterocycles. The van der Waals surface area contributed by atoms with Crippen molar-refractivity contribution in [1.82, 2.24) is 14.9 Å². The second kappa shape index (κ2) is 11.8. The van der Waals surface area contributed by atoms with Gasteiger partial charge in [0.1, 0.15) is 6.04 Å². The van der Waals surface area contributed by atoms with E-state index < -0.39 is 16.1 Å². The number of carbonyl (C=O) groups excluding carboxylic acids is 2. The molecule has 0 unspecified atom stereocenters. The number of nitrogens with one attached hydrogen (secondary N) is 2. The van der Waals surface area contributed by atoms with Crippen LogP contribution in [0.15, 0.2) is 53.4 Å². The van der Waals surface area contributed by atoms with Crippen molar-refractivity contribution in [3.05, 3.63) is 64.7 Å². The van der Waals surface area contributed by atoms with Crippen LogP contribution in [0.5, 0.6) is 0 Å². The van der Waals surface area contributed by atoms with Gasteiger partial charge in [0.25, 0.3) is 0 Å². The molecule has 184 valence electrons. The summed E-state index contributed by atoms with van der Waals surface area (Å²) in [4.78, 5) is 27.3. The van der Waals surface area contributed by atoms with E-state index in [1.54, 1.807) is 55.5 Å². The summed E-state index contributed by atoms with van der Waals surface area (Å²) in [6.45, 7) is 1.79. The molecule has 0 spiro atoms. The van der Waals surface area contributed by atoms with Gasteiger partial charge >= 0.3 is 0 Å². The molecule has 34 heavy (non-hydrogen) atoms. The van der Waals surface area contributed by atoms with E-state index in [0.717, 1.165) is 24.0 Å². The van der Waals surface area contributed by atoms with Gasteiger partial charge in [0, 0.05) is 30.6 Å². The van der Waals surface area contributed by atoms with Gasteiger partial charge in [-0.2, -0.15) is 0 Å². The maximum Gasteiger partial charge on any atom is 0.242 e. The maximum atomic E-state index is 13.1. The summed E-state index contributed by atoms with van der Waals surface area (Å²) in [5, 5.41) is 12.2. The molecule has 0 aromatic heterocycles. The van der Waals surface area contributed by atoms with Crippen molar-refractivity contribution in [2.24, 2.45) is 0 Å². The van der Waals surface area contributed by atoms with Gasteiger partial charge in [0.15, 0.2) is 0 Å². The van der Waals surface area contributed by atoms with Crippen molar-refractivity contribution in [2.75, 3.05) is 13.2 Å². The average molecular weight is 508 g/mol. The lowest BCUT2D eigenvalue weighted by Crippen LogP contribution is -2.48. The Labute approximate surface area is 205 Å². The summed E-state index contributed by atoms with van der Waals surface area (Å²) >= 11 is 5.96. The van der Waals surface area contributed by atoms with Crippen LogP contribution in [-0.4, -0.2) is 55.5 Å². The zero-order valence-electron chi connectivity index (χ0n) is 19.0. The molecule has 2 aromatic carbocycles. The number of aliphatic hydroxyl groups is 1. The summed E-state index contributed by atoms with van der Waals surface area (Å²) in [6.07, 6.45) is 2.28. The molecular weight excluding hydrogens is 478 g/mol. The Morgan fingerprint density at radius 2 is 1.71 bits per heavy atom. The van der Waals surface area contributed by atoms with Crippen LogP contribution >= 0.6 is 11.6 Å². The molecular formula is C24H30ClN3O5S. The first-order valence-corrected chi connectivity index (χ1v) is 13.1. The van der Waals surface area contributed by atoms with Gasteiger partial charge in [0.2, 0.25) is 21.8 Å². The zero-order valence-corrected chi connectivity index (χ0v) is 20.6. The minimum Gasteiger partial charge on any atom is -0.395 e. The van der Waals surface area contributed by atoms with Gasteiger partial charge < -0.3 is 15.3 Å². The molecule has 8 nitrogen and oxygen atoms in total. The van der Waals surface area contributed by atoms with Crippen molar-refractivity contribution < 1.29 is 23.1 Å². The number of amides is 2. The first kappa shape index (κ1) is 26.2. The Morgan fingerprint density at radius 1 is 1.09 bits per heavy atom. The second-order valence-corrected chi connectivity index (χ2v) is 10.5. The van der Waals surface area contributed by atoms with Crippen LogP contribution in [0.4, 0.5) is 0 Å². The number of halogens is 1. The van der Waals surface area contributed by atoms with E-state index in [9.17, 15) is 18.0 Å². The number of nitrogens with zero attached hydrogens (tertiary/aromatic N) is 1. The van der Waals surface area contributed by atoms with Crippen molar-refractivity contribution >= 4 is 33.4 Å². The molecule has 2 aromatic rings. The van der Waals surface area contributed by atoms with E-state index in [1.807, 2.05) is 0 Å². The summed E-state index contributed by atoms with van der Waals surface area (Å²) in [6, 6.07) is 12.8. The summed E-state index contributed by atoms with van der Waals surface area (Å²) in [7, 11) is -3.52. The van der Waals surface area contributed by atoms with Crippen LogP contribution in [0.25, 0.3) is 0 Å². The van der Waals surface area contributed by atoms with Gasteiger partial charge in [0.05, 0.1) is 11.5 Å². The van der Waals surface area contributed by atoms with Crippen LogP contribution in [0.1, 0.15) is 37.3 Å². The first-order chi connectivity index (χ1) is 16.2. The molecule has 10 heteroatoms. The van der Waals surface area contributed by atoms with Crippen LogP contribution in [-0.2, 0) is 32.6 Å². The first-order valence-electron chi connectivity index (χ1n) is 11.2. The SMILES string of the molecule is C[C@H](C(=O)NCCO)N(Cc1ccc(Cl)cc1)C(=O)CCc1ccc(S(=O)(=O)NC2CC2)cc1. The zero-order chi connectivity index (χ0) is 24.7. The molecule has 1 saturated carbocycles. The quantitative estimate of drug-likeness (QED) is 0.407. The molecule has 2 amide bonds. The van der Waals surface area contributed by atoms with Crippen LogP contribution in [0, 0.1) is 0 Å². The van der Waals surface area contributed by atoms with E-state index in [4.69, 9.17) is 16.7 Å². The van der Waals surface area contributed by atoms with E-state index in [0.29, 0.717) is 11.4 Å². The lowest BCUT2D eigenvalue weighted by Gasteiger charge is -2.29. The average Bonchev–Trinajstić information content (AvgIpc) is 3.63. The van der Waals surface area contributed by atoms with Crippen LogP contribution < -0.4 is 10.0 Å². The van der Waals surface area contributed by atoms with Crippen molar-refractivity contribution in [2.45, 2.75) is 56.1 Å². The third-order valence-corrected chi connectivity index (χ3v) is 7.39. The summed E-state index contributed by atoms with van der Waals surface area (Å²) in [5.41, 5.74) is 1.65. The number of hydrogen-bond donors (Lipinski definition) is 3. The largest absolute Gasteiger partial charge is 0.395 e. The molecule has 0 radical (unpaired) electrons. The predicted molar refractivity (Wildman–Crippen MR) is 130 cm³/mol. The van der Waals surface area contributed by atoms with E-state index in [-0.39, 0.29) is 48.9 Å². The minimum absolute atomic E-state index is 0.0329. The molecule has 0 heterocycles. The number of carbonyl (C=O) groups is 2. The molecule has 1 atom stereocenters. The van der Waals surface area contributed by atoms with Gasteiger partial charge in [-0.1, -0.05) is 35.9 Å². The number of hydrogen-bond acceptors (Lipinski definition) is 5. The lowest BCUT2D eigenvalue weighted by molar-refractivity contribution is -0.140. The smallest absolute Gasteiger partial charge is 0.242 e. The molecule has 0 aliphatic heterocycles. The van der Waals surface area contributed by atoms with Crippen molar-refractivity contribution in [3.63, 3.8) is 0 Å². The van der Waals surface area contributed by atoms with Crippen molar-refractivity contribution in [3.8, 4) is 0 Å². The highest BCUT2D eigenvalue weighted by Crippen LogP contribution is 2.22. The molecule has 1 aliphatic carbocycles. The lowest BCUT2D eigenvalue weighted by atomic mass is 10.1. The molecule has 1 aliphatic rings. The van der Waals surface area contributed by atoms with E-state index in [1.165, 1.54) is 4.90 Å². The molecule has 3 N–H and O–H groups in total. The van der Waals surface area contributed by atoms with Gasteiger partial charge in [-0.15, -0.1) is 0 Å². The standard InChI is InChI=1S/C24H30ClN3O5S/c1-17(24(31)26-14-15-29)28(16-19-2-7-20(25)8-3-19)23(30)13-6-18-4-11-22(12-5-18)34(32,33)27-21-9-10-21/h2-5,7-8,11-12,17,21,27,29H,6,9-10,13-16H2,1H3,(H,26,31)/t17-/m1/s1. The van der Waals surface area contributed by atoms with E-state index >= 15 is 0 Å². The summed E-state index contributed by atoms with van der Waals surface area (Å²) < 4.78 is 27.3. The Morgan fingerprint density at radius 3 is 2.29 bits per heavy atom. The number of sulfonamides is 1. The number of aryl methyl sites for hydroxylation is 1. The van der Waals surface area contributed by atoms with Gasteiger partial charge in [-0.05, 0) is 61.6 Å². The highest BCUT2D eigenvalue weighted by atomic mass is 35.5. The normalized spacial score (nSPS) is 14.4. The highest BCUT2D eigenvalue weighted by Gasteiger charge is 2.28. The fraction of sp³-hybridized carbons (Fsp3) is 0.417.